The first-order valence-electron chi connectivity index (χ1n) is 3.82. The highest BCUT2D eigenvalue weighted by molar-refractivity contribution is 5.96. The van der Waals surface area contributed by atoms with Crippen LogP contribution < -0.4 is 11.5 Å². The van der Waals surface area contributed by atoms with Gasteiger partial charge in [0.25, 0.3) is 5.91 Å². The van der Waals surface area contributed by atoms with E-state index in [-0.39, 0.29) is 11.5 Å². The van der Waals surface area contributed by atoms with E-state index in [2.05, 4.69) is 4.98 Å². The number of fused-ring (bicyclic) bond motifs is 1. The van der Waals surface area contributed by atoms with Gasteiger partial charge < -0.3 is 11.5 Å². The van der Waals surface area contributed by atoms with E-state index in [1.165, 1.54) is 16.5 Å². The molecule has 0 spiro atoms. The lowest BCUT2D eigenvalue weighted by atomic mass is 10.4. The maximum absolute atomic E-state index is 12.8. The molecule has 0 radical (unpaired) electrons. The highest BCUT2D eigenvalue weighted by Gasteiger charge is 2.13. The van der Waals surface area contributed by atoms with Gasteiger partial charge in [-0.3, -0.25) is 9.20 Å². The van der Waals surface area contributed by atoms with E-state index in [9.17, 15) is 9.18 Å². The summed E-state index contributed by atoms with van der Waals surface area (Å²) < 4.78 is 14.1. The van der Waals surface area contributed by atoms with Gasteiger partial charge in [-0.05, 0) is 12.1 Å². The van der Waals surface area contributed by atoms with Gasteiger partial charge in [-0.15, -0.1) is 0 Å². The maximum atomic E-state index is 12.8. The van der Waals surface area contributed by atoms with Crippen LogP contribution in [0.25, 0.3) is 5.65 Å². The summed E-state index contributed by atoms with van der Waals surface area (Å²) >= 11 is 0. The summed E-state index contributed by atoms with van der Waals surface area (Å²) in [5.41, 5.74) is 10.9. The second kappa shape index (κ2) is 2.69. The van der Waals surface area contributed by atoms with Gasteiger partial charge in [0.2, 0.25) is 0 Å². The highest BCUT2D eigenvalue weighted by Crippen LogP contribution is 2.14. The molecule has 0 aromatic carbocycles. The molecule has 1 amide bonds. The molecular weight excluding hydrogens is 187 g/mol. The van der Waals surface area contributed by atoms with Crippen molar-refractivity contribution in [3.8, 4) is 0 Å². The predicted molar refractivity (Wildman–Crippen MR) is 48.1 cm³/mol. The minimum atomic E-state index is -0.730. The van der Waals surface area contributed by atoms with Crippen LogP contribution >= 0.6 is 0 Å². The number of nitrogens with two attached hydrogens (primary N) is 2. The van der Waals surface area contributed by atoms with Crippen LogP contribution in [-0.4, -0.2) is 15.3 Å². The van der Waals surface area contributed by atoms with E-state index in [0.29, 0.717) is 5.65 Å². The molecular formula is C8H7FN4O. The lowest BCUT2D eigenvalue weighted by molar-refractivity contribution is 0.0997. The number of carbonyl (C=O) groups is 1. The van der Waals surface area contributed by atoms with Crippen molar-refractivity contribution >= 4 is 17.4 Å². The zero-order chi connectivity index (χ0) is 10.3. The summed E-state index contributed by atoms with van der Waals surface area (Å²) in [4.78, 5) is 14.7. The molecule has 2 rings (SSSR count). The average Bonchev–Trinajstić information content (AvgIpc) is 2.44. The van der Waals surface area contributed by atoms with Gasteiger partial charge in [0.15, 0.2) is 5.69 Å². The number of pyridine rings is 1. The first-order chi connectivity index (χ1) is 6.59. The van der Waals surface area contributed by atoms with Gasteiger partial charge in [-0.25, -0.2) is 9.37 Å². The van der Waals surface area contributed by atoms with E-state index in [0.717, 1.165) is 6.20 Å². The zero-order valence-corrected chi connectivity index (χ0v) is 7.07. The van der Waals surface area contributed by atoms with Crippen LogP contribution in [0, 0.1) is 5.82 Å². The topological polar surface area (TPSA) is 86.4 Å². The number of primary amides is 1. The molecule has 0 saturated carbocycles. The summed E-state index contributed by atoms with van der Waals surface area (Å²) in [7, 11) is 0. The number of imidazole rings is 1. The Morgan fingerprint density at radius 2 is 2.21 bits per heavy atom. The van der Waals surface area contributed by atoms with Gasteiger partial charge in [0, 0.05) is 6.20 Å². The molecule has 0 aliphatic rings. The Bertz CT molecular complexity index is 519. The second-order valence-electron chi connectivity index (χ2n) is 2.79. The van der Waals surface area contributed by atoms with E-state index >= 15 is 0 Å². The average molecular weight is 194 g/mol. The summed E-state index contributed by atoms with van der Waals surface area (Å²) in [6.07, 6.45) is 1.14. The van der Waals surface area contributed by atoms with Crippen molar-refractivity contribution in [2.45, 2.75) is 0 Å². The van der Waals surface area contributed by atoms with E-state index in [1.54, 1.807) is 0 Å². The van der Waals surface area contributed by atoms with Gasteiger partial charge in [-0.1, -0.05) is 0 Å². The van der Waals surface area contributed by atoms with Crippen molar-refractivity contribution in [1.29, 1.82) is 0 Å². The van der Waals surface area contributed by atoms with Crippen molar-refractivity contribution in [3.05, 3.63) is 29.8 Å². The van der Waals surface area contributed by atoms with Crippen LogP contribution in [0.4, 0.5) is 10.2 Å². The van der Waals surface area contributed by atoms with Crippen molar-refractivity contribution in [2.24, 2.45) is 5.73 Å². The third-order valence-corrected chi connectivity index (χ3v) is 1.85. The molecule has 6 heteroatoms. The molecule has 0 fully saturated rings. The fourth-order valence-electron chi connectivity index (χ4n) is 1.22. The Morgan fingerprint density at radius 1 is 1.50 bits per heavy atom. The number of amides is 1. The lowest BCUT2D eigenvalue weighted by Gasteiger charge is -1.95. The van der Waals surface area contributed by atoms with Crippen LogP contribution in [-0.2, 0) is 0 Å². The van der Waals surface area contributed by atoms with Crippen LogP contribution in [0.1, 0.15) is 10.5 Å². The molecule has 2 heterocycles. The standard InChI is InChI=1S/C8H7FN4O/c9-4-1-2-5-12-6(8(11)14)7(10)13(5)3-4/h1-3H,10H2,(H2,11,14). The molecule has 0 aliphatic carbocycles. The van der Waals surface area contributed by atoms with Gasteiger partial charge in [0.05, 0.1) is 0 Å². The lowest BCUT2D eigenvalue weighted by Crippen LogP contribution is -2.13. The number of halogens is 1. The predicted octanol–water partition coefficient (Wildman–Crippen LogP) is 0.154. The Balaban J connectivity index is 2.80. The number of anilines is 1. The summed E-state index contributed by atoms with van der Waals surface area (Å²) in [5, 5.41) is 0. The molecule has 0 saturated heterocycles. The molecule has 0 aliphatic heterocycles. The molecule has 0 unspecified atom stereocenters. The van der Waals surface area contributed by atoms with Gasteiger partial charge >= 0.3 is 0 Å². The molecule has 5 nitrogen and oxygen atoms in total. The molecule has 0 atom stereocenters. The SMILES string of the molecule is NC(=O)c1nc2ccc(F)cn2c1N. The second-order valence-corrected chi connectivity index (χ2v) is 2.79. The maximum Gasteiger partial charge on any atom is 0.271 e. The fourth-order valence-corrected chi connectivity index (χ4v) is 1.22. The first-order valence-corrected chi connectivity index (χ1v) is 3.82. The fraction of sp³-hybridized carbons (Fsp3) is 0. The number of aromatic nitrogens is 2. The van der Waals surface area contributed by atoms with Gasteiger partial charge in [0.1, 0.15) is 17.3 Å². The minimum absolute atomic E-state index is 0.0457. The van der Waals surface area contributed by atoms with E-state index < -0.39 is 11.7 Å². The van der Waals surface area contributed by atoms with Crippen LogP contribution in [0.5, 0.6) is 0 Å². The molecule has 14 heavy (non-hydrogen) atoms. The number of hydrogen-bond donors (Lipinski definition) is 2. The van der Waals surface area contributed by atoms with Crippen molar-refractivity contribution in [2.75, 3.05) is 5.73 Å². The zero-order valence-electron chi connectivity index (χ0n) is 7.07. The Labute approximate surface area is 78.1 Å². The van der Waals surface area contributed by atoms with Crippen molar-refractivity contribution in [3.63, 3.8) is 0 Å². The third-order valence-electron chi connectivity index (χ3n) is 1.85. The number of carbonyl (C=O) groups excluding carboxylic acids is 1. The molecule has 2 aromatic rings. The summed E-state index contributed by atoms with van der Waals surface area (Å²) in [5.74, 6) is -1.14. The monoisotopic (exact) mass is 194 g/mol. The Hall–Kier alpha value is -2.11. The van der Waals surface area contributed by atoms with Crippen LogP contribution in [0.3, 0.4) is 0 Å². The quantitative estimate of drug-likeness (QED) is 0.677. The molecule has 0 bridgehead atoms. The largest absolute Gasteiger partial charge is 0.383 e. The van der Waals surface area contributed by atoms with Gasteiger partial charge in [-0.2, -0.15) is 0 Å². The van der Waals surface area contributed by atoms with E-state index in [1.807, 2.05) is 0 Å². The minimum Gasteiger partial charge on any atom is -0.383 e. The Kier molecular flexibility index (Phi) is 1.63. The summed E-state index contributed by atoms with van der Waals surface area (Å²) in [6.45, 7) is 0. The van der Waals surface area contributed by atoms with Crippen LogP contribution in [0.2, 0.25) is 0 Å². The van der Waals surface area contributed by atoms with Crippen LogP contribution in [0.15, 0.2) is 18.3 Å². The van der Waals surface area contributed by atoms with Crippen molar-refractivity contribution < 1.29 is 9.18 Å². The molecule has 4 N–H and O–H groups in total. The van der Waals surface area contributed by atoms with E-state index in [4.69, 9.17) is 11.5 Å². The molecule has 72 valence electrons. The summed E-state index contributed by atoms with van der Waals surface area (Å²) in [6, 6.07) is 2.64. The third kappa shape index (κ3) is 1.08. The normalized spacial score (nSPS) is 10.6. The number of nitrogens with zero attached hydrogens (tertiary/aromatic N) is 2. The Morgan fingerprint density at radius 3 is 2.86 bits per heavy atom. The smallest absolute Gasteiger partial charge is 0.271 e. The first kappa shape index (κ1) is 8.49. The van der Waals surface area contributed by atoms with Crippen molar-refractivity contribution in [1.82, 2.24) is 9.38 Å². The molecule has 2 aromatic heterocycles. The highest BCUT2D eigenvalue weighted by atomic mass is 19.1. The number of nitrogen functional groups attached to an aromatic ring is 1. The number of hydrogen-bond acceptors (Lipinski definition) is 3. The number of rotatable bonds is 1.